The number of carbonyl (C=O) groups excluding carboxylic acids is 2. The molecule has 0 aliphatic heterocycles. The average Bonchev–Trinajstić information content (AvgIpc) is 3.57. The molecule has 1 saturated carbocycles. The molecular weight excluding hydrogens is 463 g/mol. The van der Waals surface area contributed by atoms with Crippen molar-refractivity contribution in [3.05, 3.63) is 44.7 Å². The molecule has 1 aliphatic rings. The first-order chi connectivity index (χ1) is 15.3. The Morgan fingerprint density at radius 3 is 2.59 bits per heavy atom. The first-order valence-electron chi connectivity index (χ1n) is 9.31. The molecule has 166 valence electrons. The lowest BCUT2D eigenvalue weighted by Crippen LogP contribution is -2.36. The van der Waals surface area contributed by atoms with Crippen LogP contribution in [0, 0.1) is 11.3 Å². The van der Waals surface area contributed by atoms with Gasteiger partial charge in [-0.1, -0.05) is 23.2 Å². The average molecular weight is 479 g/mol. The molecule has 0 radical (unpaired) electrons. The molecule has 0 unspecified atom stereocenters. The SMILES string of the molecule is CCOC(=O)NC(=O)C(C#N)=NNc1cc(Cl)c(Oc2ccc(=O)n(C3CC3)n2)c(Cl)c1. The highest BCUT2D eigenvalue weighted by Crippen LogP contribution is 2.39. The Kier molecular flexibility index (Phi) is 7.29. The fourth-order valence-corrected chi connectivity index (χ4v) is 3.00. The number of anilines is 1. The summed E-state index contributed by atoms with van der Waals surface area (Å²) in [6, 6.07) is 7.16. The van der Waals surface area contributed by atoms with Gasteiger partial charge in [0.05, 0.1) is 28.4 Å². The lowest BCUT2D eigenvalue weighted by atomic mass is 10.3. The summed E-state index contributed by atoms with van der Waals surface area (Å²) in [5.41, 5.74) is 1.84. The Hall–Kier alpha value is -3.62. The summed E-state index contributed by atoms with van der Waals surface area (Å²) in [4.78, 5) is 35.0. The van der Waals surface area contributed by atoms with E-state index >= 15 is 0 Å². The molecule has 1 aliphatic carbocycles. The zero-order valence-electron chi connectivity index (χ0n) is 16.6. The van der Waals surface area contributed by atoms with Crippen LogP contribution in [0.15, 0.2) is 34.2 Å². The van der Waals surface area contributed by atoms with Crippen LogP contribution in [-0.2, 0) is 9.53 Å². The predicted octanol–water partition coefficient (Wildman–Crippen LogP) is 3.24. The van der Waals surface area contributed by atoms with Crippen LogP contribution < -0.4 is 21.0 Å². The Bertz CT molecular complexity index is 1160. The van der Waals surface area contributed by atoms with E-state index in [0.29, 0.717) is 0 Å². The van der Waals surface area contributed by atoms with E-state index in [1.54, 1.807) is 13.0 Å². The summed E-state index contributed by atoms with van der Waals surface area (Å²) in [6.45, 7) is 1.62. The van der Waals surface area contributed by atoms with E-state index < -0.39 is 17.7 Å². The summed E-state index contributed by atoms with van der Waals surface area (Å²) < 4.78 is 11.6. The molecule has 11 nitrogen and oxygen atoms in total. The topological polar surface area (TPSA) is 148 Å². The van der Waals surface area contributed by atoms with E-state index in [1.807, 2.05) is 5.32 Å². The lowest BCUT2D eigenvalue weighted by molar-refractivity contribution is -0.114. The van der Waals surface area contributed by atoms with Gasteiger partial charge in [-0.25, -0.2) is 9.48 Å². The number of ether oxygens (including phenoxy) is 2. The number of benzene rings is 1. The molecule has 1 aromatic heterocycles. The first-order valence-corrected chi connectivity index (χ1v) is 10.1. The van der Waals surface area contributed by atoms with Crippen molar-refractivity contribution in [2.45, 2.75) is 25.8 Å². The second-order valence-electron chi connectivity index (χ2n) is 6.42. The van der Waals surface area contributed by atoms with Crippen molar-refractivity contribution in [1.29, 1.82) is 5.26 Å². The number of aromatic nitrogens is 2. The van der Waals surface area contributed by atoms with Crippen molar-refractivity contribution in [3.63, 3.8) is 0 Å². The van der Waals surface area contributed by atoms with Crippen LogP contribution in [-0.4, -0.2) is 34.1 Å². The van der Waals surface area contributed by atoms with Crippen molar-refractivity contribution in [3.8, 4) is 17.7 Å². The first kappa shape index (κ1) is 23.1. The van der Waals surface area contributed by atoms with Crippen molar-refractivity contribution in [2.75, 3.05) is 12.0 Å². The maximum absolute atomic E-state index is 11.9. The molecule has 1 heterocycles. The number of hydrogen-bond acceptors (Lipinski definition) is 9. The van der Waals surface area contributed by atoms with Gasteiger partial charge in [-0.15, -0.1) is 5.10 Å². The third-order valence-corrected chi connectivity index (χ3v) is 4.57. The zero-order valence-corrected chi connectivity index (χ0v) is 18.1. The quantitative estimate of drug-likeness (QED) is 0.454. The lowest BCUT2D eigenvalue weighted by Gasteiger charge is -2.12. The van der Waals surface area contributed by atoms with Crippen LogP contribution >= 0.6 is 23.2 Å². The molecule has 2 N–H and O–H groups in total. The normalized spacial score (nSPS) is 13.1. The largest absolute Gasteiger partial charge is 0.450 e. The van der Waals surface area contributed by atoms with Crippen LogP contribution in [0.25, 0.3) is 0 Å². The maximum Gasteiger partial charge on any atom is 0.414 e. The second-order valence-corrected chi connectivity index (χ2v) is 7.23. The van der Waals surface area contributed by atoms with Gasteiger partial charge in [-0.2, -0.15) is 10.4 Å². The molecular formula is C19H16Cl2N6O5. The van der Waals surface area contributed by atoms with Crippen molar-refractivity contribution < 1.29 is 19.1 Å². The standard InChI is InChI=1S/C19H16Cl2N6O5/c1-2-31-19(30)23-18(29)14(9-22)25-24-10-7-12(20)17(13(21)8-10)32-15-5-6-16(28)27(26-15)11-3-4-11/h5-8,11,24H,2-4H2,1H3,(H,23,29,30). The molecule has 2 aromatic rings. The number of rotatable bonds is 7. The van der Waals surface area contributed by atoms with Gasteiger partial charge in [0.2, 0.25) is 11.6 Å². The van der Waals surface area contributed by atoms with Gasteiger partial charge in [-0.3, -0.25) is 20.3 Å². The van der Waals surface area contributed by atoms with E-state index in [9.17, 15) is 14.4 Å². The molecule has 2 amide bonds. The maximum atomic E-state index is 11.9. The van der Waals surface area contributed by atoms with Crippen LogP contribution in [0.4, 0.5) is 10.5 Å². The van der Waals surface area contributed by atoms with Gasteiger partial charge in [0.15, 0.2) is 5.75 Å². The number of amides is 2. The van der Waals surface area contributed by atoms with Crippen molar-refractivity contribution in [1.82, 2.24) is 15.1 Å². The summed E-state index contributed by atoms with van der Waals surface area (Å²) in [5, 5.41) is 18.9. The molecule has 1 aromatic carbocycles. The predicted molar refractivity (Wildman–Crippen MR) is 115 cm³/mol. The summed E-state index contributed by atoms with van der Waals surface area (Å²) in [7, 11) is 0. The molecule has 0 bridgehead atoms. The van der Waals surface area contributed by atoms with Gasteiger partial charge in [0, 0.05) is 12.1 Å². The van der Waals surface area contributed by atoms with E-state index in [-0.39, 0.29) is 45.6 Å². The van der Waals surface area contributed by atoms with E-state index in [4.69, 9.17) is 33.2 Å². The molecule has 13 heteroatoms. The van der Waals surface area contributed by atoms with Crippen LogP contribution in [0.1, 0.15) is 25.8 Å². The molecule has 0 atom stereocenters. The Morgan fingerprint density at radius 1 is 1.31 bits per heavy atom. The number of nitrogens with one attached hydrogen (secondary N) is 2. The number of carbonyl (C=O) groups is 2. The zero-order chi connectivity index (χ0) is 23.3. The summed E-state index contributed by atoms with van der Waals surface area (Å²) in [5.74, 6) is -0.814. The van der Waals surface area contributed by atoms with Gasteiger partial charge >= 0.3 is 6.09 Å². The number of hydrogen-bond donors (Lipinski definition) is 2. The number of hydrazone groups is 1. The van der Waals surface area contributed by atoms with Crippen molar-refractivity contribution in [2.24, 2.45) is 5.10 Å². The van der Waals surface area contributed by atoms with Gasteiger partial charge < -0.3 is 9.47 Å². The van der Waals surface area contributed by atoms with Crippen LogP contribution in [0.3, 0.4) is 0 Å². The number of halogens is 2. The number of alkyl carbamates (subject to hydrolysis) is 1. The second kappa shape index (κ2) is 10.1. The molecule has 0 spiro atoms. The highest BCUT2D eigenvalue weighted by molar-refractivity contribution is 6.47. The molecule has 32 heavy (non-hydrogen) atoms. The Labute approximate surface area is 191 Å². The number of nitriles is 1. The van der Waals surface area contributed by atoms with Crippen LogP contribution in [0.5, 0.6) is 11.6 Å². The van der Waals surface area contributed by atoms with E-state index in [2.05, 4.69) is 20.4 Å². The van der Waals surface area contributed by atoms with Gasteiger partial charge in [0.25, 0.3) is 11.5 Å². The highest BCUT2D eigenvalue weighted by atomic mass is 35.5. The minimum atomic E-state index is -1.05. The van der Waals surface area contributed by atoms with E-state index in [1.165, 1.54) is 28.9 Å². The summed E-state index contributed by atoms with van der Waals surface area (Å²) in [6.07, 6.45) is 0.748. The third-order valence-electron chi connectivity index (χ3n) is 4.01. The van der Waals surface area contributed by atoms with E-state index in [0.717, 1.165) is 12.8 Å². The molecule has 3 rings (SSSR count). The smallest absolute Gasteiger partial charge is 0.414 e. The fraction of sp³-hybridized carbons (Fsp3) is 0.263. The van der Waals surface area contributed by atoms with Gasteiger partial charge in [0.1, 0.15) is 6.07 Å². The minimum absolute atomic E-state index is 0.0545. The third kappa shape index (κ3) is 5.75. The van der Waals surface area contributed by atoms with Crippen molar-refractivity contribution >= 4 is 46.6 Å². The number of nitrogens with zero attached hydrogens (tertiary/aromatic N) is 4. The minimum Gasteiger partial charge on any atom is -0.450 e. The summed E-state index contributed by atoms with van der Waals surface area (Å²) >= 11 is 12.5. The highest BCUT2D eigenvalue weighted by Gasteiger charge is 2.26. The fourth-order valence-electron chi connectivity index (χ4n) is 2.44. The monoisotopic (exact) mass is 478 g/mol. The Balaban J connectivity index is 1.74. The number of imide groups is 1. The molecule has 1 fully saturated rings. The van der Waals surface area contributed by atoms with Crippen LogP contribution in [0.2, 0.25) is 10.0 Å². The Morgan fingerprint density at radius 2 is 2.00 bits per heavy atom. The molecule has 0 saturated heterocycles. The van der Waals surface area contributed by atoms with Gasteiger partial charge in [-0.05, 0) is 31.9 Å².